The van der Waals surface area contributed by atoms with Gasteiger partial charge in [0.25, 0.3) is 0 Å². The van der Waals surface area contributed by atoms with Crippen LogP contribution >= 0.6 is 0 Å². The molecule has 118 valence electrons. The second-order valence-corrected chi connectivity index (χ2v) is 5.90. The minimum absolute atomic E-state index is 0.0464. The van der Waals surface area contributed by atoms with Crippen molar-refractivity contribution < 1.29 is 18.3 Å². The number of rotatable bonds is 2. The fourth-order valence-corrected chi connectivity index (χ4v) is 2.90. The Hall–Kier alpha value is -1.97. The normalized spacial score (nSPS) is 13.2. The molecule has 0 heterocycles. The first-order chi connectivity index (χ1) is 10.1. The van der Waals surface area contributed by atoms with Crippen molar-refractivity contribution in [3.05, 3.63) is 63.7 Å². The van der Waals surface area contributed by atoms with Crippen molar-refractivity contribution in [3.8, 4) is 5.75 Å². The van der Waals surface area contributed by atoms with E-state index in [1.54, 1.807) is 39.8 Å². The molecule has 4 heteroatoms. The van der Waals surface area contributed by atoms with Crippen molar-refractivity contribution in [2.24, 2.45) is 0 Å². The molecule has 2 rings (SSSR count). The van der Waals surface area contributed by atoms with Crippen LogP contribution in [-0.4, -0.2) is 11.3 Å². The van der Waals surface area contributed by atoms with Crippen molar-refractivity contribution in [2.45, 2.75) is 39.8 Å². The summed E-state index contributed by atoms with van der Waals surface area (Å²) in [6, 6.07) is 7.83. The molecule has 2 aromatic rings. The molecule has 0 spiro atoms. The topological polar surface area (TPSA) is 20.2 Å². The van der Waals surface area contributed by atoms with E-state index in [1.165, 1.54) is 12.1 Å². The van der Waals surface area contributed by atoms with Gasteiger partial charge in [0.2, 0.25) is 0 Å². The minimum atomic E-state index is -4.39. The molecule has 1 N–H and O–H groups in total. The van der Waals surface area contributed by atoms with E-state index in [-0.39, 0.29) is 16.9 Å². The lowest BCUT2D eigenvalue weighted by atomic mass is 9.87. The van der Waals surface area contributed by atoms with E-state index in [1.807, 2.05) is 6.07 Å². The van der Waals surface area contributed by atoms with Gasteiger partial charge in [-0.1, -0.05) is 41.5 Å². The predicted molar refractivity (Wildman–Crippen MR) is 81.4 cm³/mol. The van der Waals surface area contributed by atoms with Gasteiger partial charge in [-0.15, -0.1) is 0 Å². The van der Waals surface area contributed by atoms with E-state index >= 15 is 0 Å². The molecule has 0 bridgehead atoms. The highest BCUT2D eigenvalue weighted by molar-refractivity contribution is 5.47. The fourth-order valence-electron chi connectivity index (χ4n) is 2.90. The van der Waals surface area contributed by atoms with Gasteiger partial charge in [0.1, 0.15) is 11.7 Å². The van der Waals surface area contributed by atoms with Gasteiger partial charge < -0.3 is 5.11 Å². The molecule has 0 radical (unpaired) electrons. The smallest absolute Gasteiger partial charge is 0.399 e. The number of benzene rings is 2. The fraction of sp³-hybridized carbons (Fsp3) is 0.333. The van der Waals surface area contributed by atoms with Crippen molar-refractivity contribution >= 4 is 0 Å². The molecule has 22 heavy (non-hydrogen) atoms. The Kier molecular flexibility index (Phi) is 4.23. The van der Waals surface area contributed by atoms with E-state index in [0.29, 0.717) is 11.1 Å². The molecule has 0 aliphatic heterocycles. The Morgan fingerprint density at radius 2 is 1.18 bits per heavy atom. The van der Waals surface area contributed by atoms with Gasteiger partial charge in [0, 0.05) is 0 Å². The maximum Gasteiger partial charge on any atom is 0.399 e. The monoisotopic (exact) mass is 308 g/mol. The van der Waals surface area contributed by atoms with Gasteiger partial charge in [-0.3, -0.25) is 0 Å². The van der Waals surface area contributed by atoms with Crippen LogP contribution in [0.25, 0.3) is 0 Å². The summed E-state index contributed by atoms with van der Waals surface area (Å²) in [4.78, 5) is 0. The van der Waals surface area contributed by atoms with Gasteiger partial charge in [-0.2, -0.15) is 13.2 Å². The van der Waals surface area contributed by atoms with Crippen molar-refractivity contribution in [3.63, 3.8) is 0 Å². The zero-order valence-electron chi connectivity index (χ0n) is 13.0. The number of alkyl halides is 3. The molecule has 0 amide bonds. The van der Waals surface area contributed by atoms with E-state index in [2.05, 4.69) is 0 Å². The Bertz CT molecular complexity index is 659. The van der Waals surface area contributed by atoms with Crippen LogP contribution in [0.2, 0.25) is 0 Å². The van der Waals surface area contributed by atoms with Crippen LogP contribution in [0.1, 0.15) is 39.3 Å². The number of hydrogen-bond donors (Lipinski definition) is 1. The van der Waals surface area contributed by atoms with Gasteiger partial charge >= 0.3 is 6.18 Å². The summed E-state index contributed by atoms with van der Waals surface area (Å²) in [6.45, 7) is 6.80. The summed E-state index contributed by atoms with van der Waals surface area (Å²) in [7, 11) is 0. The van der Waals surface area contributed by atoms with Crippen LogP contribution in [0.4, 0.5) is 13.2 Å². The largest absolute Gasteiger partial charge is 0.507 e. The van der Waals surface area contributed by atoms with E-state index in [4.69, 9.17) is 0 Å². The number of aryl methyl sites for hydroxylation is 4. The average Bonchev–Trinajstić information content (AvgIpc) is 2.33. The summed E-state index contributed by atoms with van der Waals surface area (Å²) < 4.78 is 41.0. The van der Waals surface area contributed by atoms with Crippen molar-refractivity contribution in [1.29, 1.82) is 0 Å². The molecular weight excluding hydrogens is 289 g/mol. The van der Waals surface area contributed by atoms with Gasteiger partial charge in [-0.05, 0) is 49.9 Å². The maximum atomic E-state index is 13.7. The first-order valence-corrected chi connectivity index (χ1v) is 7.04. The highest BCUT2D eigenvalue weighted by atomic mass is 19.4. The van der Waals surface area contributed by atoms with Crippen molar-refractivity contribution in [1.82, 2.24) is 0 Å². The second-order valence-electron chi connectivity index (χ2n) is 5.90. The SMILES string of the molecule is Cc1cc(C)cc(C(c2cc(C)c(O)c(C)c2)C(F)(F)F)c1. The third kappa shape index (κ3) is 3.26. The van der Waals surface area contributed by atoms with E-state index in [9.17, 15) is 18.3 Å². The first kappa shape index (κ1) is 16.4. The highest BCUT2D eigenvalue weighted by Gasteiger charge is 2.42. The summed E-state index contributed by atoms with van der Waals surface area (Å²) in [5, 5.41) is 9.79. The van der Waals surface area contributed by atoms with Gasteiger partial charge in [0.05, 0.1) is 0 Å². The quantitative estimate of drug-likeness (QED) is 0.796. The Morgan fingerprint density at radius 1 is 0.773 bits per heavy atom. The zero-order chi connectivity index (χ0) is 16.7. The maximum absolute atomic E-state index is 13.7. The van der Waals surface area contributed by atoms with Crippen LogP contribution in [0.15, 0.2) is 30.3 Å². The molecule has 1 unspecified atom stereocenters. The van der Waals surface area contributed by atoms with Gasteiger partial charge in [0.15, 0.2) is 0 Å². The molecular formula is C18H19F3O. The van der Waals surface area contributed by atoms with E-state index in [0.717, 1.165) is 11.1 Å². The second kappa shape index (κ2) is 5.67. The van der Waals surface area contributed by atoms with Crippen molar-refractivity contribution in [2.75, 3.05) is 0 Å². The molecule has 1 nitrogen and oxygen atoms in total. The summed E-state index contributed by atoms with van der Waals surface area (Å²) in [5.74, 6) is -1.64. The molecule has 0 aromatic heterocycles. The number of hydrogen-bond acceptors (Lipinski definition) is 1. The number of phenols is 1. The molecule has 1 atom stereocenters. The molecule has 0 fully saturated rings. The Morgan fingerprint density at radius 3 is 1.59 bits per heavy atom. The van der Waals surface area contributed by atoms with Crippen LogP contribution in [0.5, 0.6) is 5.75 Å². The summed E-state index contributed by atoms with van der Waals surface area (Å²) >= 11 is 0. The summed E-state index contributed by atoms with van der Waals surface area (Å²) in [6.07, 6.45) is -4.39. The lowest BCUT2D eigenvalue weighted by molar-refractivity contribution is -0.141. The molecule has 0 saturated heterocycles. The van der Waals surface area contributed by atoms with Gasteiger partial charge in [-0.25, -0.2) is 0 Å². The summed E-state index contributed by atoms with van der Waals surface area (Å²) in [5.41, 5.74) is 2.90. The Labute approximate surface area is 128 Å². The molecule has 2 aromatic carbocycles. The lowest BCUT2D eigenvalue weighted by Gasteiger charge is -2.23. The lowest BCUT2D eigenvalue weighted by Crippen LogP contribution is -2.22. The molecule has 0 aliphatic rings. The number of phenolic OH excluding ortho intramolecular Hbond substituents is 1. The standard InChI is InChI=1S/C18H19F3O/c1-10-5-11(2)7-14(6-10)16(18(19,20)21)15-8-12(3)17(22)13(4)9-15/h5-9,16,22H,1-4H3. The zero-order valence-corrected chi connectivity index (χ0v) is 13.0. The molecule has 0 aliphatic carbocycles. The van der Waals surface area contributed by atoms with Crippen LogP contribution in [0.3, 0.4) is 0 Å². The highest BCUT2D eigenvalue weighted by Crippen LogP contribution is 2.42. The third-order valence-electron chi connectivity index (χ3n) is 3.75. The molecule has 0 saturated carbocycles. The first-order valence-electron chi connectivity index (χ1n) is 7.04. The van der Waals surface area contributed by atoms with Crippen LogP contribution in [0, 0.1) is 27.7 Å². The third-order valence-corrected chi connectivity index (χ3v) is 3.75. The number of halogens is 3. The predicted octanol–water partition coefficient (Wildman–Crippen LogP) is 5.32. The van der Waals surface area contributed by atoms with Crippen LogP contribution in [-0.2, 0) is 0 Å². The average molecular weight is 308 g/mol. The minimum Gasteiger partial charge on any atom is -0.507 e. The number of aromatic hydroxyl groups is 1. The van der Waals surface area contributed by atoms with E-state index < -0.39 is 12.1 Å². The van der Waals surface area contributed by atoms with Crippen LogP contribution < -0.4 is 0 Å². The Balaban J connectivity index is 2.66.